The molecule has 0 aliphatic carbocycles. The fourth-order valence-corrected chi connectivity index (χ4v) is 2.64. The summed E-state index contributed by atoms with van der Waals surface area (Å²) >= 11 is 0. The fraction of sp³-hybridized carbons (Fsp3) is 0.154. The van der Waals surface area contributed by atoms with Gasteiger partial charge >= 0.3 is 11.9 Å². The molecule has 0 amide bonds. The maximum Gasteiger partial charge on any atom is 0.343 e. The Hall–Kier alpha value is -4.06. The van der Waals surface area contributed by atoms with Crippen LogP contribution in [0, 0.1) is 0 Å². The Morgan fingerprint density at radius 3 is 1.50 bits per heavy atom. The predicted molar refractivity (Wildman–Crippen MR) is 121 cm³/mol. The molecule has 164 valence electrons. The zero-order valence-corrected chi connectivity index (χ0v) is 18.4. The van der Waals surface area contributed by atoms with Crippen LogP contribution in [-0.2, 0) is 0 Å². The number of ether oxygens (including phenoxy) is 2. The summed E-state index contributed by atoms with van der Waals surface area (Å²) in [5.74, 6) is -1.12. The van der Waals surface area contributed by atoms with Crippen LogP contribution in [0.4, 0.5) is 0 Å². The van der Waals surface area contributed by atoms with E-state index in [9.17, 15) is 19.2 Å². The topological polar surface area (TPSA) is 86.7 Å². The zero-order valence-electron chi connectivity index (χ0n) is 18.4. The smallest absolute Gasteiger partial charge is 0.343 e. The lowest BCUT2D eigenvalue weighted by atomic mass is 10.1. The first kappa shape index (κ1) is 24.2. The average Bonchev–Trinajstić information content (AvgIpc) is 2.80. The first-order valence-electron chi connectivity index (χ1n) is 10.1. The van der Waals surface area contributed by atoms with E-state index in [1.54, 1.807) is 48.5 Å². The molecular weight excluding hydrogens is 408 g/mol. The predicted octanol–water partition coefficient (Wildman–Crippen LogP) is 5.56. The average molecular weight is 432 g/mol. The Labute approximate surface area is 186 Å². The largest absolute Gasteiger partial charge is 0.423 e. The molecule has 0 N–H and O–H groups in total. The number of Topliss-reactive ketones (excluding diaryl/α,β-unsaturated/α-hetero) is 2. The number of esters is 2. The van der Waals surface area contributed by atoms with Crippen molar-refractivity contribution in [2.45, 2.75) is 27.7 Å². The van der Waals surface area contributed by atoms with Crippen LogP contribution in [0.2, 0.25) is 0 Å². The molecule has 0 spiro atoms. The quantitative estimate of drug-likeness (QED) is 0.288. The summed E-state index contributed by atoms with van der Waals surface area (Å²) in [5, 5.41) is 0. The summed E-state index contributed by atoms with van der Waals surface area (Å²) in [6.07, 6.45) is 0. The van der Waals surface area contributed by atoms with E-state index in [0.717, 1.165) is 0 Å². The minimum atomic E-state index is -0.638. The van der Waals surface area contributed by atoms with E-state index in [-0.39, 0.29) is 34.2 Å². The second-order valence-corrected chi connectivity index (χ2v) is 6.52. The third-order valence-corrected chi connectivity index (χ3v) is 4.26. The molecule has 0 unspecified atom stereocenters. The normalized spacial score (nSPS) is 9.75. The third kappa shape index (κ3) is 6.47. The lowest BCUT2D eigenvalue weighted by Crippen LogP contribution is -2.11. The lowest BCUT2D eigenvalue weighted by Gasteiger charge is -2.08. The first-order chi connectivity index (χ1) is 15.3. The lowest BCUT2D eigenvalue weighted by molar-refractivity contribution is 0.0732. The highest BCUT2D eigenvalue weighted by atomic mass is 16.5. The summed E-state index contributed by atoms with van der Waals surface area (Å²) in [4.78, 5) is 47.5. The van der Waals surface area contributed by atoms with Gasteiger partial charge in [-0.15, -0.1) is 0 Å². The molecule has 3 aromatic rings. The van der Waals surface area contributed by atoms with Crippen LogP contribution in [0.15, 0.2) is 72.8 Å². The molecule has 0 saturated carbocycles. The van der Waals surface area contributed by atoms with Crippen LogP contribution in [0.1, 0.15) is 69.1 Å². The minimum absolute atomic E-state index is 0.0988. The van der Waals surface area contributed by atoms with E-state index in [2.05, 4.69) is 0 Å². The van der Waals surface area contributed by atoms with Gasteiger partial charge in [0.2, 0.25) is 0 Å². The number of hydrogen-bond donors (Lipinski definition) is 0. The second kappa shape index (κ2) is 11.4. The monoisotopic (exact) mass is 432 g/mol. The van der Waals surface area contributed by atoms with E-state index in [1.165, 1.54) is 38.1 Å². The van der Waals surface area contributed by atoms with Gasteiger partial charge in [-0.1, -0.05) is 44.2 Å². The molecule has 6 nitrogen and oxygen atoms in total. The highest BCUT2D eigenvalue weighted by Crippen LogP contribution is 2.22. The van der Waals surface area contributed by atoms with E-state index < -0.39 is 11.9 Å². The standard InChI is InChI=1S/C24H18O6.C2H6/c1-15(25)17-9-11-18(12-10-17)23(27)29-21-7-4-8-22(14-21)30-24(28)20-6-3-5-19(13-20)16(2)26;1-2/h3-14H,1-2H3;1-2H3. The van der Waals surface area contributed by atoms with Crippen LogP contribution in [0.5, 0.6) is 11.5 Å². The maximum atomic E-state index is 12.4. The Morgan fingerprint density at radius 2 is 0.969 bits per heavy atom. The van der Waals surface area contributed by atoms with Gasteiger partial charge in [0.15, 0.2) is 11.6 Å². The highest BCUT2D eigenvalue weighted by Gasteiger charge is 2.13. The molecule has 0 aliphatic heterocycles. The van der Waals surface area contributed by atoms with Crippen molar-refractivity contribution in [2.24, 2.45) is 0 Å². The maximum absolute atomic E-state index is 12.4. The zero-order chi connectivity index (χ0) is 23.7. The number of carbonyl (C=O) groups excluding carboxylic acids is 4. The minimum Gasteiger partial charge on any atom is -0.423 e. The van der Waals surface area contributed by atoms with E-state index in [1.807, 2.05) is 13.8 Å². The number of hydrogen-bond acceptors (Lipinski definition) is 6. The van der Waals surface area contributed by atoms with E-state index in [4.69, 9.17) is 9.47 Å². The van der Waals surface area contributed by atoms with Crippen molar-refractivity contribution in [1.82, 2.24) is 0 Å². The number of carbonyl (C=O) groups is 4. The van der Waals surface area contributed by atoms with E-state index in [0.29, 0.717) is 11.1 Å². The fourth-order valence-electron chi connectivity index (χ4n) is 2.64. The van der Waals surface area contributed by atoms with Crippen LogP contribution in [0.25, 0.3) is 0 Å². The summed E-state index contributed by atoms with van der Waals surface area (Å²) in [6.45, 7) is 6.85. The molecule has 0 bridgehead atoms. The SMILES string of the molecule is CC.CC(=O)c1ccc(C(=O)Oc2cccc(OC(=O)c3cccc(C(C)=O)c3)c2)cc1. The molecule has 0 aromatic heterocycles. The van der Waals surface area contributed by atoms with Gasteiger partial charge in [-0.2, -0.15) is 0 Å². The summed E-state index contributed by atoms with van der Waals surface area (Å²) in [7, 11) is 0. The van der Waals surface area contributed by atoms with Crippen molar-refractivity contribution in [3.05, 3.63) is 95.1 Å². The van der Waals surface area contributed by atoms with Gasteiger partial charge in [0.25, 0.3) is 0 Å². The number of ketones is 2. The number of benzene rings is 3. The Bertz CT molecular complexity index is 1130. The summed E-state index contributed by atoms with van der Waals surface area (Å²) in [6, 6.07) is 18.4. The Morgan fingerprint density at radius 1 is 0.531 bits per heavy atom. The second-order valence-electron chi connectivity index (χ2n) is 6.52. The van der Waals surface area contributed by atoms with Crippen molar-refractivity contribution in [3.8, 4) is 11.5 Å². The molecule has 32 heavy (non-hydrogen) atoms. The molecule has 0 saturated heterocycles. The molecule has 3 rings (SSSR count). The molecule has 6 heteroatoms. The van der Waals surface area contributed by atoms with Gasteiger partial charge in [-0.3, -0.25) is 9.59 Å². The van der Waals surface area contributed by atoms with Crippen molar-refractivity contribution in [1.29, 1.82) is 0 Å². The third-order valence-electron chi connectivity index (χ3n) is 4.26. The van der Waals surface area contributed by atoms with Crippen molar-refractivity contribution >= 4 is 23.5 Å². The van der Waals surface area contributed by atoms with Crippen molar-refractivity contribution in [2.75, 3.05) is 0 Å². The molecular formula is C26H24O6. The summed E-state index contributed by atoms with van der Waals surface area (Å²) in [5.41, 5.74) is 1.41. The molecule has 0 radical (unpaired) electrons. The van der Waals surface area contributed by atoms with Gasteiger partial charge in [0, 0.05) is 17.2 Å². The molecule has 0 fully saturated rings. The molecule has 0 heterocycles. The van der Waals surface area contributed by atoms with Crippen molar-refractivity contribution < 1.29 is 28.7 Å². The number of rotatable bonds is 6. The Balaban J connectivity index is 0.00000176. The van der Waals surface area contributed by atoms with Gasteiger partial charge in [0.05, 0.1) is 11.1 Å². The Kier molecular flexibility index (Phi) is 8.60. The summed E-state index contributed by atoms with van der Waals surface area (Å²) < 4.78 is 10.6. The van der Waals surface area contributed by atoms with Crippen LogP contribution in [-0.4, -0.2) is 23.5 Å². The van der Waals surface area contributed by atoms with Crippen molar-refractivity contribution in [3.63, 3.8) is 0 Å². The van der Waals surface area contributed by atoms with Crippen LogP contribution >= 0.6 is 0 Å². The molecule has 0 atom stereocenters. The van der Waals surface area contributed by atoms with Gasteiger partial charge in [-0.25, -0.2) is 9.59 Å². The van der Waals surface area contributed by atoms with Gasteiger partial charge < -0.3 is 9.47 Å². The van der Waals surface area contributed by atoms with Gasteiger partial charge in [0.1, 0.15) is 11.5 Å². The molecule has 0 aliphatic rings. The first-order valence-corrected chi connectivity index (χ1v) is 10.1. The van der Waals surface area contributed by atoms with Gasteiger partial charge in [-0.05, 0) is 50.2 Å². The van der Waals surface area contributed by atoms with Crippen LogP contribution < -0.4 is 9.47 Å². The van der Waals surface area contributed by atoms with E-state index >= 15 is 0 Å². The highest BCUT2D eigenvalue weighted by molar-refractivity contribution is 5.98. The van der Waals surface area contributed by atoms with Crippen LogP contribution in [0.3, 0.4) is 0 Å². The molecule has 3 aromatic carbocycles.